The molecule has 0 atom stereocenters. The number of hydrogen-bond donors (Lipinski definition) is 0. The average Bonchev–Trinajstić information content (AvgIpc) is 3.27. The molecule has 0 aromatic heterocycles. The molecule has 1 aliphatic rings. The molecule has 6 nitrogen and oxygen atoms in total. The van der Waals surface area contributed by atoms with Crippen molar-refractivity contribution in [3.05, 3.63) is 65.2 Å². The fourth-order valence-electron chi connectivity index (χ4n) is 3.29. The molecule has 2 aromatic rings. The summed E-state index contributed by atoms with van der Waals surface area (Å²) in [5.74, 6) is -0.961. The zero-order valence-corrected chi connectivity index (χ0v) is 18.4. The van der Waals surface area contributed by atoms with Crippen molar-refractivity contribution >= 4 is 21.8 Å². The summed E-state index contributed by atoms with van der Waals surface area (Å²) in [6.07, 6.45) is 1.72. The van der Waals surface area contributed by atoms with Gasteiger partial charge in [0.25, 0.3) is 0 Å². The highest BCUT2D eigenvalue weighted by atomic mass is 32.2. The van der Waals surface area contributed by atoms with Crippen molar-refractivity contribution in [2.75, 3.05) is 19.7 Å². The molecule has 1 fully saturated rings. The Morgan fingerprint density at radius 3 is 1.97 bits per heavy atom. The number of carbonyl (C=O) groups excluding carboxylic acids is 2. The van der Waals surface area contributed by atoms with Gasteiger partial charge in [0.1, 0.15) is 0 Å². The van der Waals surface area contributed by atoms with Crippen LogP contribution >= 0.6 is 0 Å². The predicted octanol–water partition coefficient (Wildman–Crippen LogP) is 3.81. The van der Waals surface area contributed by atoms with Crippen LogP contribution in [0.25, 0.3) is 0 Å². The molecule has 0 radical (unpaired) electrons. The third kappa shape index (κ3) is 4.96. The first-order valence-electron chi connectivity index (χ1n) is 10.00. The summed E-state index contributed by atoms with van der Waals surface area (Å²) in [4.78, 5) is 24.7. The van der Waals surface area contributed by atoms with Gasteiger partial charge in [0.05, 0.1) is 10.5 Å². The van der Waals surface area contributed by atoms with Crippen LogP contribution in [0.15, 0.2) is 53.4 Å². The lowest BCUT2D eigenvalue weighted by Crippen LogP contribution is -2.27. The predicted molar refractivity (Wildman–Crippen MR) is 114 cm³/mol. The van der Waals surface area contributed by atoms with E-state index in [-0.39, 0.29) is 16.1 Å². The summed E-state index contributed by atoms with van der Waals surface area (Å²) < 4.78 is 31.7. The maximum Gasteiger partial charge on any atom is 0.338 e. The smallest absolute Gasteiger partial charge is 0.338 e. The van der Waals surface area contributed by atoms with E-state index in [2.05, 4.69) is 20.8 Å². The van der Waals surface area contributed by atoms with Gasteiger partial charge in [-0.15, -0.1) is 0 Å². The van der Waals surface area contributed by atoms with Crippen LogP contribution in [0, 0.1) is 0 Å². The second-order valence-corrected chi connectivity index (χ2v) is 10.4. The monoisotopic (exact) mass is 429 g/mol. The molecule has 3 rings (SSSR count). The number of sulfonamides is 1. The number of Topliss-reactive ketones (excluding diaryl/α,β-unsaturated/α-hetero) is 1. The fourth-order valence-corrected chi connectivity index (χ4v) is 4.81. The van der Waals surface area contributed by atoms with Crippen molar-refractivity contribution in [1.82, 2.24) is 4.31 Å². The Bertz CT molecular complexity index is 1010. The minimum absolute atomic E-state index is 0.0210. The van der Waals surface area contributed by atoms with Crippen LogP contribution in [0.5, 0.6) is 0 Å². The summed E-state index contributed by atoms with van der Waals surface area (Å²) in [7, 11) is -3.52. The van der Waals surface area contributed by atoms with Crippen LogP contribution in [0.3, 0.4) is 0 Å². The van der Waals surface area contributed by atoms with Gasteiger partial charge in [-0.3, -0.25) is 4.79 Å². The molecular formula is C23H27NO5S. The topological polar surface area (TPSA) is 80.8 Å². The van der Waals surface area contributed by atoms with Crippen molar-refractivity contribution in [2.24, 2.45) is 0 Å². The van der Waals surface area contributed by atoms with Gasteiger partial charge in [0.15, 0.2) is 12.4 Å². The average molecular weight is 430 g/mol. The third-order valence-electron chi connectivity index (χ3n) is 5.20. The summed E-state index contributed by atoms with van der Waals surface area (Å²) in [6, 6.07) is 12.9. The summed E-state index contributed by atoms with van der Waals surface area (Å²) in [5, 5.41) is 0. The summed E-state index contributed by atoms with van der Waals surface area (Å²) in [5.41, 5.74) is 1.75. The standard InChI is InChI=1S/C23H27NO5S/c1-23(2,3)19-10-6-18(7-11-19)22(26)29-16-21(25)17-8-12-20(13-9-17)30(27,28)24-14-4-5-15-24/h6-13H,4-5,14-16H2,1-3H3. The largest absolute Gasteiger partial charge is 0.454 e. The fraction of sp³-hybridized carbons (Fsp3) is 0.391. The number of ether oxygens (including phenoxy) is 1. The van der Waals surface area contributed by atoms with Gasteiger partial charge in [0.2, 0.25) is 10.0 Å². The maximum absolute atomic E-state index is 12.5. The Kier molecular flexibility index (Phi) is 6.43. The molecular weight excluding hydrogens is 402 g/mol. The van der Waals surface area contributed by atoms with Crippen molar-refractivity contribution < 1.29 is 22.7 Å². The van der Waals surface area contributed by atoms with Crippen LogP contribution in [-0.2, 0) is 20.2 Å². The van der Waals surface area contributed by atoms with Crippen LogP contribution in [-0.4, -0.2) is 44.2 Å². The molecule has 2 aromatic carbocycles. The van der Waals surface area contributed by atoms with Gasteiger partial charge in [-0.25, -0.2) is 13.2 Å². The van der Waals surface area contributed by atoms with Crippen molar-refractivity contribution in [2.45, 2.75) is 43.9 Å². The minimum Gasteiger partial charge on any atom is -0.454 e. The van der Waals surface area contributed by atoms with Crippen LogP contribution in [0.1, 0.15) is 59.9 Å². The molecule has 0 saturated carbocycles. The van der Waals surface area contributed by atoms with Gasteiger partial charge in [0, 0.05) is 18.7 Å². The molecule has 1 heterocycles. The molecule has 0 N–H and O–H groups in total. The Morgan fingerprint density at radius 2 is 1.43 bits per heavy atom. The summed E-state index contributed by atoms with van der Waals surface area (Å²) >= 11 is 0. The van der Waals surface area contributed by atoms with Gasteiger partial charge in [-0.2, -0.15) is 4.31 Å². The van der Waals surface area contributed by atoms with E-state index in [1.807, 2.05) is 12.1 Å². The van der Waals surface area contributed by atoms with E-state index in [1.54, 1.807) is 12.1 Å². The number of benzene rings is 2. The van der Waals surface area contributed by atoms with E-state index in [0.717, 1.165) is 18.4 Å². The molecule has 0 amide bonds. The number of esters is 1. The van der Waals surface area contributed by atoms with E-state index < -0.39 is 22.6 Å². The van der Waals surface area contributed by atoms with Crippen LogP contribution in [0.2, 0.25) is 0 Å². The molecule has 0 aliphatic carbocycles. The Labute approximate surface area is 177 Å². The van der Waals surface area contributed by atoms with E-state index in [1.165, 1.54) is 28.6 Å². The molecule has 0 bridgehead atoms. The van der Waals surface area contributed by atoms with E-state index in [0.29, 0.717) is 24.2 Å². The zero-order valence-electron chi connectivity index (χ0n) is 17.6. The molecule has 7 heteroatoms. The quantitative estimate of drug-likeness (QED) is 0.515. The second kappa shape index (κ2) is 8.70. The first-order chi connectivity index (χ1) is 14.1. The van der Waals surface area contributed by atoms with Crippen molar-refractivity contribution in [3.8, 4) is 0 Å². The van der Waals surface area contributed by atoms with Gasteiger partial charge < -0.3 is 4.74 Å². The molecule has 1 aliphatic heterocycles. The second-order valence-electron chi connectivity index (χ2n) is 8.46. The highest BCUT2D eigenvalue weighted by Crippen LogP contribution is 2.23. The molecule has 160 valence electrons. The van der Waals surface area contributed by atoms with Crippen LogP contribution < -0.4 is 0 Å². The molecule has 1 saturated heterocycles. The lowest BCUT2D eigenvalue weighted by atomic mass is 9.87. The highest BCUT2D eigenvalue weighted by molar-refractivity contribution is 7.89. The molecule has 30 heavy (non-hydrogen) atoms. The van der Waals surface area contributed by atoms with E-state index in [4.69, 9.17) is 4.74 Å². The number of rotatable bonds is 6. The lowest BCUT2D eigenvalue weighted by molar-refractivity contribution is 0.0474. The van der Waals surface area contributed by atoms with Crippen molar-refractivity contribution in [3.63, 3.8) is 0 Å². The number of ketones is 1. The normalized spacial score (nSPS) is 15.2. The lowest BCUT2D eigenvalue weighted by Gasteiger charge is -2.18. The Hall–Kier alpha value is -2.51. The highest BCUT2D eigenvalue weighted by Gasteiger charge is 2.27. The first kappa shape index (κ1) is 22.2. The van der Waals surface area contributed by atoms with Crippen molar-refractivity contribution in [1.29, 1.82) is 0 Å². The van der Waals surface area contributed by atoms with Crippen LogP contribution in [0.4, 0.5) is 0 Å². The minimum atomic E-state index is -3.52. The zero-order chi connectivity index (χ0) is 21.9. The van der Waals surface area contributed by atoms with E-state index >= 15 is 0 Å². The Balaban J connectivity index is 1.60. The maximum atomic E-state index is 12.5. The van der Waals surface area contributed by atoms with Gasteiger partial charge >= 0.3 is 5.97 Å². The number of carbonyl (C=O) groups is 2. The summed E-state index contributed by atoms with van der Waals surface area (Å²) in [6.45, 7) is 6.89. The Morgan fingerprint density at radius 1 is 0.900 bits per heavy atom. The number of hydrogen-bond acceptors (Lipinski definition) is 5. The third-order valence-corrected chi connectivity index (χ3v) is 7.11. The van der Waals surface area contributed by atoms with Gasteiger partial charge in [-0.1, -0.05) is 32.9 Å². The first-order valence-corrected chi connectivity index (χ1v) is 11.4. The van der Waals surface area contributed by atoms with E-state index in [9.17, 15) is 18.0 Å². The number of nitrogens with zero attached hydrogens (tertiary/aromatic N) is 1. The van der Waals surface area contributed by atoms with Gasteiger partial charge in [-0.05, 0) is 60.2 Å². The molecule has 0 spiro atoms. The molecule has 0 unspecified atom stereocenters. The SMILES string of the molecule is CC(C)(C)c1ccc(C(=O)OCC(=O)c2ccc(S(=O)(=O)N3CCCC3)cc2)cc1.